The van der Waals surface area contributed by atoms with E-state index in [-0.39, 0.29) is 0 Å². The molecule has 1 aromatic heterocycles. The first-order valence-corrected chi connectivity index (χ1v) is 10.5. The van der Waals surface area contributed by atoms with Gasteiger partial charge >= 0.3 is 0 Å². The van der Waals surface area contributed by atoms with Crippen LogP contribution in [0, 0.1) is 11.8 Å². The molecule has 150 valence electrons. The number of aromatic nitrogens is 1. The molecule has 0 radical (unpaired) electrons. The van der Waals surface area contributed by atoms with Gasteiger partial charge < -0.3 is 15.2 Å². The van der Waals surface area contributed by atoms with Crippen LogP contribution in [0.15, 0.2) is 84.9 Å². The van der Waals surface area contributed by atoms with Crippen LogP contribution >= 0.6 is 0 Å². The molecular weight excluding hydrogens is 366 g/mol. The summed E-state index contributed by atoms with van der Waals surface area (Å²) < 4.78 is 2.30. The second kappa shape index (κ2) is 9.82. The SMILES string of the molecule is CCn1c(C#CCNc2ccccc2)cc2c(CNCc3ccccc3)cccc21. The number of fused-ring (bicyclic) bond motifs is 1. The number of anilines is 1. The third-order valence-corrected chi connectivity index (χ3v) is 5.21. The van der Waals surface area contributed by atoms with Crippen LogP contribution in [0.5, 0.6) is 0 Å². The predicted molar refractivity (Wildman–Crippen MR) is 126 cm³/mol. The third kappa shape index (κ3) is 4.74. The van der Waals surface area contributed by atoms with Gasteiger partial charge in [-0.25, -0.2) is 0 Å². The van der Waals surface area contributed by atoms with Crippen molar-refractivity contribution in [3.63, 3.8) is 0 Å². The molecule has 30 heavy (non-hydrogen) atoms. The lowest BCUT2D eigenvalue weighted by Gasteiger charge is -2.08. The van der Waals surface area contributed by atoms with Gasteiger partial charge in [0, 0.05) is 36.2 Å². The Bertz CT molecular complexity index is 1150. The van der Waals surface area contributed by atoms with Gasteiger partial charge in [-0.2, -0.15) is 0 Å². The first kappa shape index (κ1) is 19.8. The molecule has 1 heterocycles. The number of nitrogens with one attached hydrogen (secondary N) is 2. The molecule has 0 atom stereocenters. The zero-order chi connectivity index (χ0) is 20.6. The molecule has 0 saturated heterocycles. The molecule has 3 heteroatoms. The summed E-state index contributed by atoms with van der Waals surface area (Å²) in [7, 11) is 0. The van der Waals surface area contributed by atoms with Gasteiger partial charge in [0.1, 0.15) is 0 Å². The minimum Gasteiger partial charge on any atom is -0.374 e. The number of hydrogen-bond donors (Lipinski definition) is 2. The van der Waals surface area contributed by atoms with Crippen molar-refractivity contribution >= 4 is 16.6 Å². The molecule has 3 aromatic carbocycles. The number of para-hydroxylation sites is 1. The van der Waals surface area contributed by atoms with Crippen LogP contribution in [0.4, 0.5) is 5.69 Å². The van der Waals surface area contributed by atoms with Crippen molar-refractivity contribution in [1.82, 2.24) is 9.88 Å². The Hall–Kier alpha value is -3.48. The van der Waals surface area contributed by atoms with Gasteiger partial charge in [0.25, 0.3) is 0 Å². The largest absolute Gasteiger partial charge is 0.374 e. The highest BCUT2D eigenvalue weighted by Crippen LogP contribution is 2.23. The fourth-order valence-corrected chi connectivity index (χ4v) is 3.72. The summed E-state index contributed by atoms with van der Waals surface area (Å²) in [4.78, 5) is 0. The minimum absolute atomic E-state index is 0.626. The molecule has 2 N–H and O–H groups in total. The van der Waals surface area contributed by atoms with Gasteiger partial charge in [-0.05, 0) is 48.2 Å². The van der Waals surface area contributed by atoms with Gasteiger partial charge in [-0.1, -0.05) is 66.6 Å². The summed E-state index contributed by atoms with van der Waals surface area (Å²) in [5.74, 6) is 6.64. The van der Waals surface area contributed by atoms with E-state index < -0.39 is 0 Å². The van der Waals surface area contributed by atoms with Gasteiger partial charge in [0.2, 0.25) is 0 Å². The normalized spacial score (nSPS) is 10.6. The van der Waals surface area contributed by atoms with Crippen molar-refractivity contribution in [3.8, 4) is 11.8 Å². The summed E-state index contributed by atoms with van der Waals surface area (Å²) >= 11 is 0. The molecule has 0 fully saturated rings. The topological polar surface area (TPSA) is 29.0 Å². The Morgan fingerprint density at radius 2 is 1.60 bits per heavy atom. The molecule has 4 aromatic rings. The van der Waals surface area contributed by atoms with Gasteiger partial charge in [0.15, 0.2) is 0 Å². The molecule has 0 saturated carbocycles. The fraction of sp³-hybridized carbons (Fsp3) is 0.185. The van der Waals surface area contributed by atoms with Crippen molar-refractivity contribution in [2.45, 2.75) is 26.6 Å². The van der Waals surface area contributed by atoms with Gasteiger partial charge in [0.05, 0.1) is 12.2 Å². The third-order valence-electron chi connectivity index (χ3n) is 5.21. The molecule has 0 aliphatic rings. The maximum absolute atomic E-state index is 3.57. The van der Waals surface area contributed by atoms with Crippen LogP contribution in [0.25, 0.3) is 10.9 Å². The van der Waals surface area contributed by atoms with Crippen molar-refractivity contribution in [2.75, 3.05) is 11.9 Å². The summed E-state index contributed by atoms with van der Waals surface area (Å²) in [6, 6.07) is 29.5. The molecule has 0 unspecified atom stereocenters. The lowest BCUT2D eigenvalue weighted by atomic mass is 10.1. The summed E-state index contributed by atoms with van der Waals surface area (Å²) in [6.07, 6.45) is 0. The van der Waals surface area contributed by atoms with Crippen molar-refractivity contribution in [3.05, 3.63) is 102 Å². The average molecular weight is 394 g/mol. The number of aryl methyl sites for hydroxylation is 1. The van der Waals surface area contributed by atoms with Crippen molar-refractivity contribution < 1.29 is 0 Å². The van der Waals surface area contributed by atoms with E-state index in [4.69, 9.17) is 0 Å². The summed E-state index contributed by atoms with van der Waals surface area (Å²) in [5.41, 5.74) is 6.01. The number of hydrogen-bond acceptors (Lipinski definition) is 2. The van der Waals surface area contributed by atoms with Gasteiger partial charge in [-0.15, -0.1) is 0 Å². The second-order valence-corrected chi connectivity index (χ2v) is 7.23. The van der Waals surface area contributed by atoms with E-state index in [9.17, 15) is 0 Å². The Kier molecular flexibility index (Phi) is 6.49. The summed E-state index contributed by atoms with van der Waals surface area (Å²) in [5, 5.41) is 8.20. The first-order chi connectivity index (χ1) is 14.8. The van der Waals surface area contributed by atoms with Crippen LogP contribution in [-0.4, -0.2) is 11.1 Å². The second-order valence-electron chi connectivity index (χ2n) is 7.23. The minimum atomic E-state index is 0.626. The standard InChI is InChI=1S/C27H27N3/c1-2-30-25(16-10-18-29-24-14-7-4-8-15-24)19-26-23(13-9-17-27(26)30)21-28-20-22-11-5-3-6-12-22/h3-9,11-15,17,19,28-29H,2,18,20-21H2,1H3. The van der Waals surface area contributed by atoms with Crippen LogP contribution in [-0.2, 0) is 19.6 Å². The van der Waals surface area contributed by atoms with Crippen LogP contribution in [0.3, 0.4) is 0 Å². The van der Waals surface area contributed by atoms with Crippen molar-refractivity contribution in [1.29, 1.82) is 0 Å². The molecule has 0 spiro atoms. The fourth-order valence-electron chi connectivity index (χ4n) is 3.72. The first-order valence-electron chi connectivity index (χ1n) is 10.5. The van der Waals surface area contributed by atoms with E-state index in [2.05, 4.69) is 101 Å². The zero-order valence-corrected chi connectivity index (χ0v) is 17.4. The Balaban J connectivity index is 1.49. The lowest BCUT2D eigenvalue weighted by Crippen LogP contribution is -2.12. The quantitative estimate of drug-likeness (QED) is 0.411. The Labute approximate surface area is 178 Å². The van der Waals surface area contributed by atoms with E-state index in [1.165, 1.54) is 22.0 Å². The monoisotopic (exact) mass is 393 g/mol. The van der Waals surface area contributed by atoms with E-state index >= 15 is 0 Å². The number of benzene rings is 3. The molecule has 0 aliphatic heterocycles. The van der Waals surface area contributed by atoms with E-state index in [0.717, 1.165) is 31.0 Å². The lowest BCUT2D eigenvalue weighted by molar-refractivity contribution is 0.696. The maximum atomic E-state index is 3.57. The van der Waals surface area contributed by atoms with E-state index in [0.29, 0.717) is 6.54 Å². The van der Waals surface area contributed by atoms with Crippen LogP contribution in [0.2, 0.25) is 0 Å². The summed E-state index contributed by atoms with van der Waals surface area (Å²) in [6.45, 7) is 5.40. The molecule has 0 aliphatic carbocycles. The number of rotatable bonds is 7. The molecule has 0 amide bonds. The highest BCUT2D eigenvalue weighted by Gasteiger charge is 2.09. The Morgan fingerprint density at radius 3 is 2.37 bits per heavy atom. The van der Waals surface area contributed by atoms with Crippen LogP contribution < -0.4 is 10.6 Å². The average Bonchev–Trinajstić information content (AvgIpc) is 3.16. The number of nitrogens with zero attached hydrogens (tertiary/aromatic N) is 1. The smallest absolute Gasteiger partial charge is 0.0931 e. The predicted octanol–water partition coefficient (Wildman–Crippen LogP) is 5.41. The molecule has 3 nitrogen and oxygen atoms in total. The van der Waals surface area contributed by atoms with Gasteiger partial charge in [-0.3, -0.25) is 0 Å². The van der Waals surface area contributed by atoms with E-state index in [1.54, 1.807) is 0 Å². The molecular formula is C27H27N3. The molecule has 0 bridgehead atoms. The van der Waals surface area contributed by atoms with E-state index in [1.807, 2.05) is 18.2 Å². The van der Waals surface area contributed by atoms with Crippen molar-refractivity contribution in [2.24, 2.45) is 0 Å². The molecule has 4 rings (SSSR count). The van der Waals surface area contributed by atoms with Crippen LogP contribution in [0.1, 0.15) is 23.7 Å². The highest BCUT2D eigenvalue weighted by atomic mass is 15.0. The maximum Gasteiger partial charge on any atom is 0.0931 e. The Morgan fingerprint density at radius 1 is 0.833 bits per heavy atom. The zero-order valence-electron chi connectivity index (χ0n) is 17.4. The highest BCUT2D eigenvalue weighted by molar-refractivity contribution is 5.85.